The number of thiophene rings is 1. The third-order valence-electron chi connectivity index (χ3n) is 5.64. The maximum absolute atomic E-state index is 12.6. The maximum atomic E-state index is 12.6. The van der Waals surface area contributed by atoms with Crippen molar-refractivity contribution in [3.8, 4) is 11.4 Å². The van der Waals surface area contributed by atoms with Crippen LogP contribution in [0, 0.1) is 5.92 Å². The van der Waals surface area contributed by atoms with Gasteiger partial charge in [-0.1, -0.05) is 0 Å². The number of anilines is 2. The van der Waals surface area contributed by atoms with E-state index in [4.69, 9.17) is 14.5 Å². The Morgan fingerprint density at radius 3 is 2.93 bits per heavy atom. The monoisotopic (exact) mass is 431 g/mol. The summed E-state index contributed by atoms with van der Waals surface area (Å²) in [5.41, 5.74) is 1.92. The van der Waals surface area contributed by atoms with Crippen LogP contribution in [0.3, 0.4) is 0 Å². The maximum Gasteiger partial charge on any atom is 0.239 e. The van der Waals surface area contributed by atoms with Crippen molar-refractivity contribution in [2.45, 2.75) is 12.8 Å². The van der Waals surface area contributed by atoms with Crippen molar-refractivity contribution < 1.29 is 14.3 Å². The SMILES string of the molecule is COCCN1CCN(CC(=O)NCC2CCOCC2)c2cnc(-c3ccsc3)nc21. The van der Waals surface area contributed by atoms with Gasteiger partial charge in [-0.15, -0.1) is 0 Å². The minimum absolute atomic E-state index is 0.0414. The molecule has 1 fully saturated rings. The van der Waals surface area contributed by atoms with Gasteiger partial charge in [0.2, 0.25) is 5.91 Å². The highest BCUT2D eigenvalue weighted by Crippen LogP contribution is 2.32. The third-order valence-corrected chi connectivity index (χ3v) is 6.32. The molecule has 2 aliphatic heterocycles. The number of methoxy groups -OCH3 is 1. The zero-order valence-corrected chi connectivity index (χ0v) is 18.2. The van der Waals surface area contributed by atoms with Crippen molar-refractivity contribution in [2.75, 3.05) is 69.5 Å². The van der Waals surface area contributed by atoms with Crippen LogP contribution in [-0.2, 0) is 14.3 Å². The molecule has 0 unspecified atom stereocenters. The Morgan fingerprint density at radius 2 is 2.17 bits per heavy atom. The van der Waals surface area contributed by atoms with Crippen molar-refractivity contribution in [2.24, 2.45) is 5.92 Å². The van der Waals surface area contributed by atoms with Crippen LogP contribution in [0.1, 0.15) is 12.8 Å². The molecule has 0 bridgehead atoms. The molecule has 0 radical (unpaired) electrons. The topological polar surface area (TPSA) is 79.8 Å². The normalized spacial score (nSPS) is 17.1. The molecule has 4 heterocycles. The van der Waals surface area contributed by atoms with Gasteiger partial charge in [0, 0.05) is 57.4 Å². The summed E-state index contributed by atoms with van der Waals surface area (Å²) in [4.78, 5) is 26.3. The van der Waals surface area contributed by atoms with Crippen molar-refractivity contribution in [1.82, 2.24) is 15.3 Å². The third kappa shape index (κ3) is 5.08. The first-order valence-corrected chi connectivity index (χ1v) is 11.4. The van der Waals surface area contributed by atoms with Gasteiger partial charge in [-0.2, -0.15) is 11.3 Å². The van der Waals surface area contributed by atoms with Crippen LogP contribution >= 0.6 is 11.3 Å². The molecule has 2 aliphatic rings. The van der Waals surface area contributed by atoms with Crippen LogP contribution in [0.4, 0.5) is 11.5 Å². The molecule has 8 nitrogen and oxygen atoms in total. The van der Waals surface area contributed by atoms with E-state index in [2.05, 4.69) is 20.1 Å². The van der Waals surface area contributed by atoms with Gasteiger partial charge in [-0.3, -0.25) is 4.79 Å². The summed E-state index contributed by atoms with van der Waals surface area (Å²) in [5.74, 6) is 2.13. The standard InChI is InChI=1S/C21H29N5O3S/c1-28-10-7-25-5-6-26(14-19(27)22-12-16-2-8-29-9-3-16)18-13-23-20(24-21(18)25)17-4-11-30-15-17/h4,11,13,15-16H,2-3,5-10,12,14H2,1H3,(H,22,27). The van der Waals surface area contributed by atoms with Gasteiger partial charge in [0.15, 0.2) is 11.6 Å². The Labute approximate surface area is 181 Å². The number of rotatable bonds is 8. The quantitative estimate of drug-likeness (QED) is 0.685. The summed E-state index contributed by atoms with van der Waals surface area (Å²) in [6.07, 6.45) is 3.88. The first-order valence-electron chi connectivity index (χ1n) is 10.5. The largest absolute Gasteiger partial charge is 0.383 e. The van der Waals surface area contributed by atoms with E-state index in [0.717, 1.165) is 69.3 Å². The average molecular weight is 432 g/mol. The fraction of sp³-hybridized carbons (Fsp3) is 0.571. The van der Waals surface area contributed by atoms with Gasteiger partial charge in [0.25, 0.3) is 0 Å². The number of nitrogens with zero attached hydrogens (tertiary/aromatic N) is 4. The minimum Gasteiger partial charge on any atom is -0.383 e. The summed E-state index contributed by atoms with van der Waals surface area (Å²) in [7, 11) is 1.71. The highest BCUT2D eigenvalue weighted by molar-refractivity contribution is 7.08. The average Bonchev–Trinajstić information content (AvgIpc) is 3.32. The Morgan fingerprint density at radius 1 is 1.33 bits per heavy atom. The summed E-state index contributed by atoms with van der Waals surface area (Å²) in [5, 5.41) is 7.17. The zero-order valence-electron chi connectivity index (χ0n) is 17.4. The summed E-state index contributed by atoms with van der Waals surface area (Å²) in [6, 6.07) is 2.02. The molecule has 2 aromatic heterocycles. The zero-order chi connectivity index (χ0) is 20.8. The van der Waals surface area contributed by atoms with Gasteiger partial charge in [-0.05, 0) is 30.2 Å². The first kappa shape index (κ1) is 21.0. The smallest absolute Gasteiger partial charge is 0.239 e. The van der Waals surface area contributed by atoms with Crippen LogP contribution in [0.25, 0.3) is 11.4 Å². The summed E-state index contributed by atoms with van der Waals surface area (Å²) in [6.45, 7) is 5.55. The van der Waals surface area contributed by atoms with Gasteiger partial charge in [0.05, 0.1) is 25.0 Å². The van der Waals surface area contributed by atoms with Crippen molar-refractivity contribution in [3.05, 3.63) is 23.0 Å². The fourth-order valence-corrected chi connectivity index (χ4v) is 4.48. The summed E-state index contributed by atoms with van der Waals surface area (Å²) >= 11 is 1.63. The lowest BCUT2D eigenvalue weighted by atomic mass is 10.0. The van der Waals surface area contributed by atoms with E-state index < -0.39 is 0 Å². The predicted molar refractivity (Wildman–Crippen MR) is 118 cm³/mol. The van der Waals surface area contributed by atoms with Crippen LogP contribution < -0.4 is 15.1 Å². The second kappa shape index (κ2) is 10.2. The van der Waals surface area contributed by atoms with Crippen LogP contribution in [0.5, 0.6) is 0 Å². The van der Waals surface area contributed by atoms with E-state index >= 15 is 0 Å². The van der Waals surface area contributed by atoms with Crippen LogP contribution in [0.15, 0.2) is 23.0 Å². The number of aromatic nitrogens is 2. The van der Waals surface area contributed by atoms with Crippen molar-refractivity contribution >= 4 is 28.7 Å². The number of nitrogens with one attached hydrogen (secondary N) is 1. The molecule has 0 saturated carbocycles. The first-order chi connectivity index (χ1) is 14.7. The van der Waals surface area contributed by atoms with Crippen LogP contribution in [0.2, 0.25) is 0 Å². The molecular weight excluding hydrogens is 402 g/mol. The lowest BCUT2D eigenvalue weighted by molar-refractivity contribution is -0.120. The molecule has 2 aromatic rings. The molecule has 1 amide bonds. The molecule has 0 atom stereocenters. The molecule has 0 aromatic carbocycles. The number of hydrogen-bond donors (Lipinski definition) is 1. The molecule has 0 aliphatic carbocycles. The molecule has 1 N–H and O–H groups in total. The van der Waals surface area contributed by atoms with Crippen LogP contribution in [-0.4, -0.2) is 75.5 Å². The molecule has 9 heteroatoms. The number of fused-ring (bicyclic) bond motifs is 1. The highest BCUT2D eigenvalue weighted by atomic mass is 32.1. The number of ether oxygens (including phenoxy) is 2. The Bertz CT molecular complexity index is 826. The Balaban J connectivity index is 1.46. The lowest BCUT2D eigenvalue weighted by Gasteiger charge is -2.37. The molecule has 1 saturated heterocycles. The minimum atomic E-state index is 0.0414. The second-order valence-electron chi connectivity index (χ2n) is 7.68. The van der Waals surface area contributed by atoms with Crippen molar-refractivity contribution in [3.63, 3.8) is 0 Å². The molecule has 30 heavy (non-hydrogen) atoms. The van der Waals surface area contributed by atoms with Gasteiger partial charge >= 0.3 is 0 Å². The van der Waals surface area contributed by atoms with Gasteiger partial charge < -0.3 is 24.6 Å². The molecule has 4 rings (SSSR count). The molecule has 162 valence electrons. The predicted octanol–water partition coefficient (Wildman–Crippen LogP) is 2.02. The van der Waals surface area contributed by atoms with E-state index in [1.54, 1.807) is 18.4 Å². The lowest BCUT2D eigenvalue weighted by Crippen LogP contribution is -2.47. The van der Waals surface area contributed by atoms with Crippen molar-refractivity contribution in [1.29, 1.82) is 0 Å². The summed E-state index contributed by atoms with van der Waals surface area (Å²) < 4.78 is 10.7. The van der Waals surface area contributed by atoms with E-state index in [1.165, 1.54) is 0 Å². The van der Waals surface area contributed by atoms with E-state index in [0.29, 0.717) is 24.9 Å². The Kier molecular flexibility index (Phi) is 7.14. The van der Waals surface area contributed by atoms with E-state index in [1.807, 2.05) is 23.0 Å². The van der Waals surface area contributed by atoms with Gasteiger partial charge in [-0.25, -0.2) is 9.97 Å². The van der Waals surface area contributed by atoms with E-state index in [9.17, 15) is 4.79 Å². The fourth-order valence-electron chi connectivity index (χ4n) is 3.84. The second-order valence-corrected chi connectivity index (χ2v) is 8.46. The number of carbonyl (C=O) groups is 1. The number of amides is 1. The molecular formula is C21H29N5O3S. The number of hydrogen-bond acceptors (Lipinski definition) is 8. The molecule has 0 spiro atoms. The van der Waals surface area contributed by atoms with Gasteiger partial charge in [0.1, 0.15) is 0 Å². The number of carbonyl (C=O) groups excluding carboxylic acids is 1. The Hall–Kier alpha value is -2.23. The van der Waals surface area contributed by atoms with E-state index in [-0.39, 0.29) is 5.91 Å². The highest BCUT2D eigenvalue weighted by Gasteiger charge is 2.27.